The maximum Gasteiger partial charge on any atom is 0.325 e. The van der Waals surface area contributed by atoms with E-state index in [0.29, 0.717) is 29.7 Å². The van der Waals surface area contributed by atoms with Crippen LogP contribution in [0.2, 0.25) is 0 Å². The number of hydrogen-bond acceptors (Lipinski definition) is 2. The second-order valence-corrected chi connectivity index (χ2v) is 4.57. The van der Waals surface area contributed by atoms with Gasteiger partial charge in [0.2, 0.25) is 0 Å². The van der Waals surface area contributed by atoms with Gasteiger partial charge in [-0.15, -0.1) is 0 Å². The first-order valence-corrected chi connectivity index (χ1v) is 5.86. The fourth-order valence-electron chi connectivity index (χ4n) is 2.57. The molecule has 2 aromatic rings. The third kappa shape index (κ3) is 1.89. The molecule has 4 nitrogen and oxygen atoms in total. The molecular formula is C13H10F2N2O2. The van der Waals surface area contributed by atoms with Crippen molar-refractivity contribution in [2.24, 2.45) is 0 Å². The first-order chi connectivity index (χ1) is 9.06. The van der Waals surface area contributed by atoms with Crippen molar-refractivity contribution in [3.05, 3.63) is 67.5 Å². The summed E-state index contributed by atoms with van der Waals surface area (Å²) in [6.45, 7) is 0. The predicted molar refractivity (Wildman–Crippen MR) is 64.2 cm³/mol. The maximum atomic E-state index is 13.3. The minimum Gasteiger partial charge on any atom is -0.310 e. The number of hydrogen-bond donors (Lipinski definition) is 2. The van der Waals surface area contributed by atoms with Crippen LogP contribution in [0.5, 0.6) is 0 Å². The quantitative estimate of drug-likeness (QED) is 0.818. The molecule has 0 amide bonds. The van der Waals surface area contributed by atoms with Crippen molar-refractivity contribution in [3.63, 3.8) is 0 Å². The van der Waals surface area contributed by atoms with Gasteiger partial charge in [0.15, 0.2) is 11.6 Å². The summed E-state index contributed by atoms with van der Waals surface area (Å²) >= 11 is 0. The molecule has 98 valence electrons. The lowest BCUT2D eigenvalue weighted by atomic mass is 9.96. The minimum absolute atomic E-state index is 0.278. The van der Waals surface area contributed by atoms with E-state index in [4.69, 9.17) is 0 Å². The molecule has 6 heteroatoms. The summed E-state index contributed by atoms with van der Waals surface area (Å²) in [5.41, 5.74) is 0.565. The van der Waals surface area contributed by atoms with E-state index in [2.05, 4.69) is 9.97 Å². The molecule has 1 aromatic heterocycles. The van der Waals surface area contributed by atoms with Crippen molar-refractivity contribution in [2.45, 2.75) is 18.8 Å². The molecule has 1 aliphatic carbocycles. The Kier molecular flexibility index (Phi) is 2.58. The summed E-state index contributed by atoms with van der Waals surface area (Å²) in [4.78, 5) is 27.7. The van der Waals surface area contributed by atoms with Gasteiger partial charge in [0, 0.05) is 17.2 Å². The van der Waals surface area contributed by atoms with Crippen molar-refractivity contribution >= 4 is 0 Å². The lowest BCUT2D eigenvalue weighted by Crippen LogP contribution is -2.26. The van der Waals surface area contributed by atoms with Gasteiger partial charge in [0.1, 0.15) is 0 Å². The topological polar surface area (TPSA) is 65.7 Å². The van der Waals surface area contributed by atoms with Crippen LogP contribution in [0.3, 0.4) is 0 Å². The predicted octanol–water partition coefficient (Wildman–Crippen LogP) is 1.42. The Bertz CT molecular complexity index is 764. The number of aromatic nitrogens is 2. The van der Waals surface area contributed by atoms with E-state index in [1.165, 1.54) is 6.07 Å². The van der Waals surface area contributed by atoms with Crippen molar-refractivity contribution in [2.75, 3.05) is 0 Å². The van der Waals surface area contributed by atoms with E-state index in [-0.39, 0.29) is 5.92 Å². The molecule has 2 N–H and O–H groups in total. The maximum absolute atomic E-state index is 13.3. The van der Waals surface area contributed by atoms with E-state index >= 15 is 0 Å². The highest BCUT2D eigenvalue weighted by atomic mass is 19.2. The zero-order valence-corrected chi connectivity index (χ0v) is 9.80. The van der Waals surface area contributed by atoms with E-state index < -0.39 is 22.9 Å². The normalized spacial score (nSPS) is 17.5. The van der Waals surface area contributed by atoms with Crippen LogP contribution in [0.25, 0.3) is 0 Å². The van der Waals surface area contributed by atoms with Gasteiger partial charge in [-0.25, -0.2) is 13.6 Å². The molecule has 0 bridgehead atoms. The fourth-order valence-corrected chi connectivity index (χ4v) is 2.57. The van der Waals surface area contributed by atoms with Crippen molar-refractivity contribution in [3.8, 4) is 0 Å². The monoisotopic (exact) mass is 264 g/mol. The highest BCUT2D eigenvalue weighted by Crippen LogP contribution is 2.34. The van der Waals surface area contributed by atoms with Gasteiger partial charge < -0.3 is 4.98 Å². The molecule has 1 aliphatic rings. The van der Waals surface area contributed by atoms with E-state index in [0.717, 1.165) is 12.1 Å². The van der Waals surface area contributed by atoms with Crippen molar-refractivity contribution in [1.82, 2.24) is 9.97 Å². The molecule has 0 saturated carbocycles. The Morgan fingerprint density at radius 3 is 2.63 bits per heavy atom. The smallest absolute Gasteiger partial charge is 0.310 e. The second-order valence-electron chi connectivity index (χ2n) is 4.57. The average molecular weight is 264 g/mol. The summed E-state index contributed by atoms with van der Waals surface area (Å²) < 4.78 is 26.2. The van der Waals surface area contributed by atoms with Crippen LogP contribution in [0.4, 0.5) is 8.78 Å². The molecule has 0 fully saturated rings. The summed E-state index contributed by atoms with van der Waals surface area (Å²) in [7, 11) is 0. The highest BCUT2D eigenvalue weighted by Gasteiger charge is 2.28. The van der Waals surface area contributed by atoms with Crippen LogP contribution in [0.15, 0.2) is 27.8 Å². The van der Waals surface area contributed by atoms with Crippen molar-refractivity contribution < 1.29 is 8.78 Å². The number of halogens is 2. The molecule has 0 spiro atoms. The Hall–Kier alpha value is -2.24. The third-order valence-electron chi connectivity index (χ3n) is 3.45. The van der Waals surface area contributed by atoms with Gasteiger partial charge in [0.25, 0.3) is 5.56 Å². The lowest BCUT2D eigenvalue weighted by molar-refractivity contribution is 0.506. The zero-order chi connectivity index (χ0) is 13.6. The summed E-state index contributed by atoms with van der Waals surface area (Å²) in [5, 5.41) is 0. The van der Waals surface area contributed by atoms with Crippen LogP contribution >= 0.6 is 0 Å². The lowest BCUT2D eigenvalue weighted by Gasteiger charge is -2.11. The van der Waals surface area contributed by atoms with Crippen LogP contribution < -0.4 is 11.2 Å². The summed E-state index contributed by atoms with van der Waals surface area (Å²) in [6, 6.07) is 3.63. The molecular weight excluding hydrogens is 254 g/mol. The number of nitrogens with one attached hydrogen (secondary N) is 2. The second kappa shape index (κ2) is 4.15. The first kappa shape index (κ1) is 11.8. The molecule has 0 aliphatic heterocycles. The molecule has 1 unspecified atom stereocenters. The Morgan fingerprint density at radius 1 is 1.11 bits per heavy atom. The molecule has 1 atom stereocenters. The molecule has 1 heterocycles. The Morgan fingerprint density at radius 2 is 1.89 bits per heavy atom. The minimum atomic E-state index is -0.932. The van der Waals surface area contributed by atoms with Gasteiger partial charge in [-0.3, -0.25) is 9.78 Å². The molecule has 0 radical (unpaired) electrons. The van der Waals surface area contributed by atoms with Crippen LogP contribution in [0.1, 0.15) is 29.2 Å². The zero-order valence-electron chi connectivity index (χ0n) is 9.80. The van der Waals surface area contributed by atoms with Crippen LogP contribution in [-0.2, 0) is 6.42 Å². The molecule has 1 aromatic carbocycles. The standard InChI is InChI=1S/C13H10F2N2O2/c14-9-4-1-6(5-10(9)15)7-2-3-8-11(7)16-13(19)17-12(8)18/h1,4-5,7H,2-3H2,(H2,16,17,18,19). The van der Waals surface area contributed by atoms with E-state index in [1.54, 1.807) is 0 Å². The highest BCUT2D eigenvalue weighted by molar-refractivity contribution is 5.36. The largest absolute Gasteiger partial charge is 0.325 e. The number of rotatable bonds is 1. The summed E-state index contributed by atoms with van der Waals surface area (Å²) in [6.07, 6.45) is 1.09. The first-order valence-electron chi connectivity index (χ1n) is 5.86. The molecule has 0 saturated heterocycles. The van der Waals surface area contributed by atoms with Crippen LogP contribution in [-0.4, -0.2) is 9.97 Å². The average Bonchev–Trinajstić information content (AvgIpc) is 2.76. The summed E-state index contributed by atoms with van der Waals surface area (Å²) in [5.74, 6) is -2.13. The van der Waals surface area contributed by atoms with Crippen LogP contribution in [0, 0.1) is 11.6 Å². The SMILES string of the molecule is O=c1[nH]c2c(c(=O)[nH]1)CCC2c1ccc(F)c(F)c1. The number of benzene rings is 1. The number of H-pyrrole nitrogens is 2. The van der Waals surface area contributed by atoms with Gasteiger partial charge in [0.05, 0.1) is 0 Å². The van der Waals surface area contributed by atoms with Crippen molar-refractivity contribution in [1.29, 1.82) is 0 Å². The Balaban J connectivity index is 2.14. The fraction of sp³-hybridized carbons (Fsp3) is 0.231. The third-order valence-corrected chi connectivity index (χ3v) is 3.45. The Labute approximate surface area is 106 Å². The number of fused-ring (bicyclic) bond motifs is 1. The van der Waals surface area contributed by atoms with Gasteiger partial charge in [-0.05, 0) is 30.5 Å². The molecule has 19 heavy (non-hydrogen) atoms. The van der Waals surface area contributed by atoms with E-state index in [1.807, 2.05) is 0 Å². The van der Waals surface area contributed by atoms with Gasteiger partial charge in [-0.2, -0.15) is 0 Å². The van der Waals surface area contributed by atoms with E-state index in [9.17, 15) is 18.4 Å². The number of aromatic amines is 2. The van der Waals surface area contributed by atoms with Gasteiger partial charge >= 0.3 is 5.69 Å². The van der Waals surface area contributed by atoms with Gasteiger partial charge in [-0.1, -0.05) is 6.07 Å². The molecule has 3 rings (SSSR count).